The normalized spacial score (nSPS) is 19.0. The first-order chi connectivity index (χ1) is 10.3. The van der Waals surface area contributed by atoms with E-state index in [-0.39, 0.29) is 0 Å². The van der Waals surface area contributed by atoms with Gasteiger partial charge in [0.2, 0.25) is 0 Å². The van der Waals surface area contributed by atoms with Gasteiger partial charge in [-0.2, -0.15) is 0 Å². The van der Waals surface area contributed by atoms with E-state index in [9.17, 15) is 9.90 Å². The summed E-state index contributed by atoms with van der Waals surface area (Å²) >= 11 is 1.35. The Hall–Kier alpha value is -1.43. The molecule has 0 amide bonds. The Morgan fingerprint density at radius 3 is 3.05 bits per heavy atom. The minimum absolute atomic E-state index is 0.448. The number of carboxylic acid groups (broad SMARTS) is 1. The summed E-state index contributed by atoms with van der Waals surface area (Å²) in [5.41, 5.74) is 0.903. The maximum Gasteiger partial charge on any atom is 0.346 e. The molecule has 112 valence electrons. The van der Waals surface area contributed by atoms with Crippen LogP contribution in [0.4, 0.5) is 0 Å². The smallest absolute Gasteiger partial charge is 0.346 e. The lowest BCUT2D eigenvalue weighted by Crippen LogP contribution is -2.29. The number of ether oxygens (including phenoxy) is 1. The molecule has 0 spiro atoms. The van der Waals surface area contributed by atoms with Crippen LogP contribution < -0.4 is 5.32 Å². The summed E-state index contributed by atoms with van der Waals surface area (Å²) < 4.78 is 6.50. The van der Waals surface area contributed by atoms with Crippen molar-refractivity contribution in [1.82, 2.24) is 5.32 Å². The van der Waals surface area contributed by atoms with Gasteiger partial charge in [0.1, 0.15) is 4.88 Å². The van der Waals surface area contributed by atoms with Crippen molar-refractivity contribution in [3.63, 3.8) is 0 Å². The Morgan fingerprint density at radius 2 is 2.29 bits per heavy atom. The van der Waals surface area contributed by atoms with E-state index in [1.54, 1.807) is 0 Å². The summed E-state index contributed by atoms with van der Waals surface area (Å²) in [7, 11) is 0. The zero-order valence-corrected chi connectivity index (χ0v) is 12.6. The van der Waals surface area contributed by atoms with Gasteiger partial charge in [0.05, 0.1) is 6.61 Å². The number of benzene rings is 1. The van der Waals surface area contributed by atoms with Gasteiger partial charge in [0.15, 0.2) is 0 Å². The van der Waals surface area contributed by atoms with Gasteiger partial charge in [-0.1, -0.05) is 18.2 Å². The van der Waals surface area contributed by atoms with Crippen molar-refractivity contribution in [2.45, 2.75) is 19.4 Å². The van der Waals surface area contributed by atoms with E-state index in [0.717, 1.165) is 41.8 Å². The number of aromatic carboxylic acids is 1. The largest absolute Gasteiger partial charge is 0.477 e. The minimum Gasteiger partial charge on any atom is -0.477 e. The van der Waals surface area contributed by atoms with Gasteiger partial charge in [0, 0.05) is 24.4 Å². The molecule has 1 aromatic carbocycles. The molecule has 0 aliphatic carbocycles. The molecule has 1 saturated heterocycles. The lowest BCUT2D eigenvalue weighted by molar-refractivity contribution is 0.0547. The second-order valence-electron chi connectivity index (χ2n) is 5.43. The average molecular weight is 305 g/mol. The van der Waals surface area contributed by atoms with E-state index in [1.165, 1.54) is 17.8 Å². The molecule has 1 fully saturated rings. The number of fused-ring (bicyclic) bond motifs is 1. The van der Waals surface area contributed by atoms with Crippen LogP contribution in [0.3, 0.4) is 0 Å². The summed E-state index contributed by atoms with van der Waals surface area (Å²) in [6.45, 7) is 3.16. The van der Waals surface area contributed by atoms with Crippen molar-refractivity contribution in [2.24, 2.45) is 5.92 Å². The summed E-state index contributed by atoms with van der Waals surface area (Å²) in [5, 5.41) is 13.8. The van der Waals surface area contributed by atoms with E-state index >= 15 is 0 Å². The number of rotatable bonds is 5. The molecule has 1 aliphatic heterocycles. The van der Waals surface area contributed by atoms with Crippen LogP contribution in [0.1, 0.15) is 28.1 Å². The fourth-order valence-electron chi connectivity index (χ4n) is 2.82. The third-order valence-corrected chi connectivity index (χ3v) is 5.08. The first-order valence-electron chi connectivity index (χ1n) is 7.28. The highest BCUT2D eigenvalue weighted by atomic mass is 32.1. The van der Waals surface area contributed by atoms with Crippen molar-refractivity contribution >= 4 is 27.4 Å². The van der Waals surface area contributed by atoms with Crippen LogP contribution in [-0.4, -0.2) is 30.8 Å². The van der Waals surface area contributed by atoms with E-state index in [2.05, 4.69) is 5.32 Å². The van der Waals surface area contributed by atoms with Crippen LogP contribution in [0.2, 0.25) is 0 Å². The Morgan fingerprint density at radius 1 is 1.43 bits per heavy atom. The summed E-state index contributed by atoms with van der Waals surface area (Å²) in [6, 6.07) is 7.88. The predicted molar refractivity (Wildman–Crippen MR) is 84.0 cm³/mol. The van der Waals surface area contributed by atoms with Gasteiger partial charge in [-0.25, -0.2) is 4.79 Å². The molecule has 5 heteroatoms. The number of hydrogen-bond donors (Lipinski definition) is 2. The Bertz CT molecular complexity index is 631. The molecule has 1 unspecified atom stereocenters. The molecule has 4 nitrogen and oxygen atoms in total. The van der Waals surface area contributed by atoms with Crippen LogP contribution in [0.25, 0.3) is 10.1 Å². The molecular weight excluding hydrogens is 286 g/mol. The van der Waals surface area contributed by atoms with Crippen molar-refractivity contribution in [2.75, 3.05) is 19.8 Å². The maximum atomic E-state index is 11.4. The van der Waals surface area contributed by atoms with Gasteiger partial charge in [-0.15, -0.1) is 11.3 Å². The van der Waals surface area contributed by atoms with Crippen molar-refractivity contribution in [3.8, 4) is 0 Å². The van der Waals surface area contributed by atoms with Crippen molar-refractivity contribution < 1.29 is 14.6 Å². The zero-order chi connectivity index (χ0) is 14.7. The van der Waals surface area contributed by atoms with Crippen LogP contribution in [-0.2, 0) is 11.3 Å². The Labute approximate surface area is 127 Å². The molecule has 2 heterocycles. The molecule has 2 aromatic rings. The molecule has 0 bridgehead atoms. The number of carbonyl (C=O) groups is 1. The lowest BCUT2D eigenvalue weighted by Gasteiger charge is -2.22. The van der Waals surface area contributed by atoms with E-state index < -0.39 is 5.97 Å². The summed E-state index contributed by atoms with van der Waals surface area (Å²) in [4.78, 5) is 11.9. The quantitative estimate of drug-likeness (QED) is 0.891. The highest BCUT2D eigenvalue weighted by molar-refractivity contribution is 7.21. The fourth-order valence-corrected chi connectivity index (χ4v) is 3.88. The molecule has 21 heavy (non-hydrogen) atoms. The lowest BCUT2D eigenvalue weighted by atomic mass is 10.0. The zero-order valence-electron chi connectivity index (χ0n) is 11.8. The van der Waals surface area contributed by atoms with Crippen LogP contribution in [0, 0.1) is 5.92 Å². The molecule has 1 aliphatic rings. The van der Waals surface area contributed by atoms with E-state index in [0.29, 0.717) is 17.3 Å². The standard InChI is InChI=1S/C16H19NO3S/c18-16(19)15-13(12-5-1-2-6-14(12)21-15)9-17-8-11-4-3-7-20-10-11/h1-2,5-6,11,17H,3-4,7-10H2,(H,18,19). The van der Waals surface area contributed by atoms with Crippen LogP contribution in [0.5, 0.6) is 0 Å². The average Bonchev–Trinajstić information content (AvgIpc) is 2.88. The van der Waals surface area contributed by atoms with Crippen molar-refractivity contribution in [1.29, 1.82) is 0 Å². The maximum absolute atomic E-state index is 11.4. The van der Waals surface area contributed by atoms with Crippen LogP contribution in [0.15, 0.2) is 24.3 Å². The van der Waals surface area contributed by atoms with Crippen LogP contribution >= 0.6 is 11.3 Å². The van der Waals surface area contributed by atoms with Gasteiger partial charge in [-0.3, -0.25) is 0 Å². The SMILES string of the molecule is O=C(O)c1sc2ccccc2c1CNCC1CCCOC1. The van der Waals surface area contributed by atoms with E-state index in [1.807, 2.05) is 24.3 Å². The first kappa shape index (κ1) is 14.5. The first-order valence-corrected chi connectivity index (χ1v) is 8.09. The van der Waals surface area contributed by atoms with E-state index in [4.69, 9.17) is 4.74 Å². The second-order valence-corrected chi connectivity index (χ2v) is 6.48. The van der Waals surface area contributed by atoms with Gasteiger partial charge in [-0.05, 0) is 35.8 Å². The van der Waals surface area contributed by atoms with Gasteiger partial charge in [0.25, 0.3) is 0 Å². The second kappa shape index (κ2) is 6.56. The van der Waals surface area contributed by atoms with Crippen molar-refractivity contribution in [3.05, 3.63) is 34.7 Å². The molecule has 2 N–H and O–H groups in total. The fraction of sp³-hybridized carbons (Fsp3) is 0.438. The summed E-state index contributed by atoms with van der Waals surface area (Å²) in [6.07, 6.45) is 2.30. The molecule has 0 saturated carbocycles. The third-order valence-electron chi connectivity index (χ3n) is 3.88. The molecule has 3 rings (SSSR count). The van der Waals surface area contributed by atoms with Gasteiger partial charge >= 0.3 is 5.97 Å². The third kappa shape index (κ3) is 3.26. The highest BCUT2D eigenvalue weighted by Crippen LogP contribution is 2.31. The minimum atomic E-state index is -0.839. The summed E-state index contributed by atoms with van der Waals surface area (Å²) in [5.74, 6) is -0.300. The Balaban J connectivity index is 1.72. The topological polar surface area (TPSA) is 58.6 Å². The number of carboxylic acids is 1. The highest BCUT2D eigenvalue weighted by Gasteiger charge is 2.18. The molecule has 1 aromatic heterocycles. The number of nitrogens with one attached hydrogen (secondary N) is 1. The molecular formula is C16H19NO3S. The molecule has 1 atom stereocenters. The number of thiophene rings is 1. The Kier molecular flexibility index (Phi) is 4.53. The number of hydrogen-bond acceptors (Lipinski definition) is 4. The van der Waals surface area contributed by atoms with Gasteiger partial charge < -0.3 is 15.2 Å². The molecule has 0 radical (unpaired) electrons. The monoisotopic (exact) mass is 305 g/mol. The predicted octanol–water partition coefficient (Wildman–Crippen LogP) is 3.12.